The maximum Gasteiger partial charge on any atom is 0.321 e. The van der Waals surface area contributed by atoms with Gasteiger partial charge in [-0.1, -0.05) is 20.3 Å². The normalized spacial score (nSPS) is 24.6. The van der Waals surface area contributed by atoms with Gasteiger partial charge in [0.15, 0.2) is 0 Å². The molecule has 0 saturated carbocycles. The molecule has 136 valence electrons. The van der Waals surface area contributed by atoms with E-state index in [0.717, 1.165) is 6.42 Å². The molecule has 0 aromatic heterocycles. The molecule has 0 radical (unpaired) electrons. The molecule has 3 unspecified atom stereocenters. The van der Waals surface area contributed by atoms with E-state index in [-0.39, 0.29) is 30.9 Å². The number of anilines is 1. The highest BCUT2D eigenvalue weighted by Gasteiger charge is 2.39. The van der Waals surface area contributed by atoms with E-state index in [0.29, 0.717) is 24.2 Å². The minimum absolute atomic E-state index is 0.0457. The number of aliphatic hydroxyl groups excluding tert-OH is 1. The Balaban J connectivity index is 1.97. The molecule has 2 heterocycles. The van der Waals surface area contributed by atoms with Crippen molar-refractivity contribution in [1.29, 1.82) is 0 Å². The molecule has 1 saturated heterocycles. The smallest absolute Gasteiger partial charge is 0.321 e. The number of nitrogens with one attached hydrogen (secondary N) is 1. The third-order valence-corrected chi connectivity index (χ3v) is 5.13. The fraction of sp³-hybridized carbons (Fsp3) is 0.556. The number of aliphatic hydroxyl groups is 1. The van der Waals surface area contributed by atoms with Gasteiger partial charge in [0.25, 0.3) is 0 Å². The van der Waals surface area contributed by atoms with Crippen molar-refractivity contribution in [3.63, 3.8) is 0 Å². The third-order valence-electron chi connectivity index (χ3n) is 5.13. The number of hydrogen-bond donors (Lipinski definition) is 2. The Hall–Kier alpha value is -2.15. The molecule has 2 N–H and O–H groups in total. The summed E-state index contributed by atoms with van der Waals surface area (Å²) in [6, 6.07) is 3.27. The zero-order valence-corrected chi connectivity index (χ0v) is 14.5. The predicted octanol–water partition coefficient (Wildman–Crippen LogP) is 2.18. The molecular weight excluding hydrogens is 325 g/mol. The van der Waals surface area contributed by atoms with Crippen LogP contribution in [0.4, 0.5) is 14.9 Å². The van der Waals surface area contributed by atoms with Gasteiger partial charge in [0, 0.05) is 18.8 Å². The molecule has 3 amide bonds. The van der Waals surface area contributed by atoms with E-state index in [4.69, 9.17) is 0 Å². The molecule has 3 atom stereocenters. The van der Waals surface area contributed by atoms with Gasteiger partial charge >= 0.3 is 6.03 Å². The second-order valence-electron chi connectivity index (χ2n) is 6.92. The van der Waals surface area contributed by atoms with Gasteiger partial charge in [0.1, 0.15) is 11.9 Å². The number of urea groups is 1. The first kappa shape index (κ1) is 17.7. The van der Waals surface area contributed by atoms with Crippen LogP contribution in [0.25, 0.3) is 0 Å². The van der Waals surface area contributed by atoms with Gasteiger partial charge in [0.05, 0.1) is 12.6 Å². The maximum atomic E-state index is 13.7. The number of carbonyl (C=O) groups excluding carboxylic acids is 2. The van der Waals surface area contributed by atoms with E-state index in [1.165, 1.54) is 23.1 Å². The summed E-state index contributed by atoms with van der Waals surface area (Å²) < 4.78 is 13.7. The molecule has 1 aromatic carbocycles. The number of likely N-dealkylation sites (tertiary alicyclic amines) is 1. The molecule has 25 heavy (non-hydrogen) atoms. The number of fused-ring (bicyclic) bond motifs is 1. The second-order valence-corrected chi connectivity index (χ2v) is 6.92. The molecular formula is C18H24FN3O3. The molecule has 0 aliphatic carbocycles. The van der Waals surface area contributed by atoms with E-state index in [1.807, 2.05) is 13.8 Å². The van der Waals surface area contributed by atoms with Crippen molar-refractivity contribution >= 4 is 17.6 Å². The van der Waals surface area contributed by atoms with Crippen molar-refractivity contribution in [2.45, 2.75) is 45.4 Å². The van der Waals surface area contributed by atoms with Crippen molar-refractivity contribution in [2.75, 3.05) is 18.4 Å². The number of benzene rings is 1. The molecule has 0 bridgehead atoms. The van der Waals surface area contributed by atoms with Gasteiger partial charge < -0.3 is 20.2 Å². The molecule has 2 aliphatic heterocycles. The van der Waals surface area contributed by atoms with Crippen LogP contribution in [0.5, 0.6) is 0 Å². The van der Waals surface area contributed by atoms with E-state index in [9.17, 15) is 19.1 Å². The van der Waals surface area contributed by atoms with Crippen LogP contribution in [0.1, 0.15) is 32.3 Å². The van der Waals surface area contributed by atoms with Crippen LogP contribution < -0.4 is 5.32 Å². The number of nitrogens with zero attached hydrogens (tertiary/aromatic N) is 2. The molecule has 0 spiro atoms. The Morgan fingerprint density at radius 1 is 1.48 bits per heavy atom. The van der Waals surface area contributed by atoms with Gasteiger partial charge in [-0.3, -0.25) is 4.79 Å². The van der Waals surface area contributed by atoms with Crippen LogP contribution in [-0.4, -0.2) is 52.1 Å². The van der Waals surface area contributed by atoms with Gasteiger partial charge in [-0.25, -0.2) is 9.18 Å². The lowest BCUT2D eigenvalue weighted by atomic mass is 9.97. The summed E-state index contributed by atoms with van der Waals surface area (Å²) in [6.45, 7) is 4.78. The fourth-order valence-corrected chi connectivity index (χ4v) is 3.52. The molecule has 3 rings (SSSR count). The van der Waals surface area contributed by atoms with Crippen LogP contribution in [-0.2, 0) is 11.3 Å². The summed E-state index contributed by atoms with van der Waals surface area (Å²) in [6.07, 6.45) is 0.733. The van der Waals surface area contributed by atoms with E-state index in [2.05, 4.69) is 5.32 Å². The Morgan fingerprint density at radius 2 is 2.24 bits per heavy atom. The van der Waals surface area contributed by atoms with Gasteiger partial charge in [-0.2, -0.15) is 0 Å². The summed E-state index contributed by atoms with van der Waals surface area (Å²) in [7, 11) is 0. The van der Waals surface area contributed by atoms with Crippen LogP contribution in [0, 0.1) is 11.7 Å². The van der Waals surface area contributed by atoms with Crippen molar-refractivity contribution < 1.29 is 19.1 Å². The molecule has 2 aliphatic rings. The first-order valence-corrected chi connectivity index (χ1v) is 8.73. The lowest BCUT2D eigenvalue weighted by molar-refractivity contribution is -0.122. The number of hydrogen-bond acceptors (Lipinski definition) is 3. The van der Waals surface area contributed by atoms with Gasteiger partial charge in [0.2, 0.25) is 5.91 Å². The van der Waals surface area contributed by atoms with Crippen molar-refractivity contribution in [3.8, 4) is 0 Å². The number of carbonyl (C=O) groups is 2. The van der Waals surface area contributed by atoms with Crippen LogP contribution in [0.2, 0.25) is 0 Å². The highest BCUT2D eigenvalue weighted by Crippen LogP contribution is 2.29. The summed E-state index contributed by atoms with van der Waals surface area (Å²) in [5.41, 5.74) is 1.11. The first-order valence-electron chi connectivity index (χ1n) is 8.73. The maximum absolute atomic E-state index is 13.7. The molecule has 7 heteroatoms. The van der Waals surface area contributed by atoms with Gasteiger partial charge in [-0.15, -0.1) is 0 Å². The number of halogens is 1. The summed E-state index contributed by atoms with van der Waals surface area (Å²) in [4.78, 5) is 28.9. The third kappa shape index (κ3) is 3.46. The second kappa shape index (κ2) is 7.00. The standard InChI is InChI=1S/C18H24FN3O3/c1-3-11(2)16-17(24)20-15-5-4-13(19)8-12(15)9-22(16)18(25)21-7-6-14(23)10-21/h4-5,8,11,14,16,23H,3,6-7,9-10H2,1-2H3,(H,20,24). The number of rotatable bonds is 2. The number of β-amino-alcohol motifs (C(OH)–C–C–N with tert-alkyl or cyclic N) is 1. The minimum Gasteiger partial charge on any atom is -0.391 e. The summed E-state index contributed by atoms with van der Waals surface area (Å²) in [5, 5.41) is 12.6. The molecule has 1 aromatic rings. The Kier molecular flexibility index (Phi) is 4.94. The Labute approximate surface area is 146 Å². The van der Waals surface area contributed by atoms with E-state index < -0.39 is 18.0 Å². The minimum atomic E-state index is -0.634. The first-order chi connectivity index (χ1) is 11.9. The summed E-state index contributed by atoms with van der Waals surface area (Å²) >= 11 is 0. The summed E-state index contributed by atoms with van der Waals surface area (Å²) in [5.74, 6) is -0.706. The van der Waals surface area contributed by atoms with E-state index >= 15 is 0 Å². The van der Waals surface area contributed by atoms with E-state index in [1.54, 1.807) is 4.90 Å². The predicted molar refractivity (Wildman–Crippen MR) is 91.4 cm³/mol. The van der Waals surface area contributed by atoms with Crippen molar-refractivity contribution in [1.82, 2.24) is 9.80 Å². The van der Waals surface area contributed by atoms with Crippen molar-refractivity contribution in [2.24, 2.45) is 5.92 Å². The highest BCUT2D eigenvalue weighted by atomic mass is 19.1. The van der Waals surface area contributed by atoms with Gasteiger partial charge in [-0.05, 0) is 36.1 Å². The topological polar surface area (TPSA) is 72.9 Å². The fourth-order valence-electron chi connectivity index (χ4n) is 3.52. The van der Waals surface area contributed by atoms with Crippen molar-refractivity contribution in [3.05, 3.63) is 29.6 Å². The highest BCUT2D eigenvalue weighted by molar-refractivity contribution is 5.98. The van der Waals surface area contributed by atoms with Crippen LogP contribution in [0.3, 0.4) is 0 Å². The quantitative estimate of drug-likeness (QED) is 0.860. The largest absolute Gasteiger partial charge is 0.391 e. The molecule has 1 fully saturated rings. The van der Waals surface area contributed by atoms with Crippen LogP contribution >= 0.6 is 0 Å². The Bertz CT molecular complexity index is 682. The molecule has 6 nitrogen and oxygen atoms in total. The average molecular weight is 349 g/mol. The van der Waals surface area contributed by atoms with Crippen LogP contribution in [0.15, 0.2) is 18.2 Å². The number of amides is 3. The SMILES string of the molecule is CCC(C)C1C(=O)Nc2ccc(F)cc2CN1C(=O)N1CCC(O)C1. The zero-order valence-electron chi connectivity index (χ0n) is 14.5. The Morgan fingerprint density at radius 3 is 2.88 bits per heavy atom. The zero-order chi connectivity index (χ0) is 18.1. The average Bonchev–Trinajstić information content (AvgIpc) is 2.95. The lowest BCUT2D eigenvalue weighted by Crippen LogP contribution is -2.53. The lowest BCUT2D eigenvalue weighted by Gasteiger charge is -2.35. The monoisotopic (exact) mass is 349 g/mol.